The van der Waals surface area contributed by atoms with Crippen molar-refractivity contribution in [1.29, 1.82) is 0 Å². The summed E-state index contributed by atoms with van der Waals surface area (Å²) in [6.07, 6.45) is 6.54. The largest absolute Gasteiger partial charge is 2.00 e. The van der Waals surface area contributed by atoms with E-state index >= 15 is 0 Å². The SMILES string of the molecule is C[C@@H](C1=C([Se]Br)[CH][CH][CH-]1)N(C)C.[Fe+2].c1cc[cH-]c1. The summed E-state index contributed by atoms with van der Waals surface area (Å²) in [7, 11) is 4.23. The quantitative estimate of drug-likeness (QED) is 0.542. The first-order valence-corrected chi connectivity index (χ1v) is 10.4. The van der Waals surface area contributed by atoms with E-state index in [2.05, 4.69) is 59.3 Å². The molecule has 100 valence electrons. The van der Waals surface area contributed by atoms with E-state index in [-0.39, 0.29) is 17.1 Å². The van der Waals surface area contributed by atoms with Crippen LogP contribution in [0.3, 0.4) is 0 Å². The molecule has 1 atom stereocenters. The molecule has 0 amide bonds. The molecule has 0 saturated heterocycles. The Balaban J connectivity index is 0.000000405. The van der Waals surface area contributed by atoms with Gasteiger partial charge in [-0.3, -0.25) is 0 Å². The predicted molar refractivity (Wildman–Crippen MR) is 79.8 cm³/mol. The Morgan fingerprint density at radius 1 is 1.28 bits per heavy atom. The van der Waals surface area contributed by atoms with E-state index in [1.54, 1.807) is 0 Å². The topological polar surface area (TPSA) is 3.24 Å². The third-order valence-corrected chi connectivity index (χ3v) is 5.61. The first kappa shape index (κ1) is 18.4. The molecule has 18 heavy (non-hydrogen) atoms. The van der Waals surface area contributed by atoms with Crippen molar-refractivity contribution >= 4 is 27.3 Å². The first-order chi connectivity index (χ1) is 8.16. The third-order valence-electron chi connectivity index (χ3n) is 2.67. The van der Waals surface area contributed by atoms with Crippen LogP contribution in [0.15, 0.2) is 40.4 Å². The van der Waals surface area contributed by atoms with E-state index in [0.717, 1.165) is 0 Å². The standard InChI is InChI=1S/C9H13BrNSe.C5H5.Fe/c1-7(11(2)3)8-5-4-6-9(8)12-10;1-2-4-5-3-1;/h4-7H,1-3H3;1-5H;/q2*-1;+2/t7-;;/m0../s1. The van der Waals surface area contributed by atoms with Gasteiger partial charge in [0.05, 0.1) is 0 Å². The van der Waals surface area contributed by atoms with Crippen LogP contribution in [0.4, 0.5) is 0 Å². The zero-order chi connectivity index (χ0) is 12.7. The molecule has 2 radical (unpaired) electrons. The van der Waals surface area contributed by atoms with Gasteiger partial charge in [0.2, 0.25) is 0 Å². The van der Waals surface area contributed by atoms with Gasteiger partial charge in [-0.15, -0.1) is 0 Å². The number of hydrogen-bond donors (Lipinski definition) is 0. The van der Waals surface area contributed by atoms with Gasteiger partial charge in [0.1, 0.15) is 0 Å². The van der Waals surface area contributed by atoms with E-state index in [1.807, 2.05) is 30.3 Å². The zero-order valence-corrected chi connectivity index (χ0v) is 15.2. The van der Waals surface area contributed by atoms with Crippen LogP contribution in [-0.2, 0) is 17.1 Å². The number of hydrogen-bond acceptors (Lipinski definition) is 1. The molecule has 0 spiro atoms. The van der Waals surface area contributed by atoms with Crippen molar-refractivity contribution in [2.75, 3.05) is 14.1 Å². The summed E-state index contributed by atoms with van der Waals surface area (Å²) >= 11 is 3.99. The maximum atomic E-state index is 3.55. The van der Waals surface area contributed by atoms with Crippen molar-refractivity contribution in [3.8, 4) is 0 Å². The van der Waals surface area contributed by atoms with Crippen LogP contribution >= 0.6 is 14.1 Å². The van der Waals surface area contributed by atoms with Crippen molar-refractivity contribution < 1.29 is 17.1 Å². The number of allylic oxidation sites excluding steroid dienone is 1. The van der Waals surface area contributed by atoms with Crippen LogP contribution in [0.25, 0.3) is 0 Å². The average molecular weight is 415 g/mol. The number of halogens is 1. The summed E-state index contributed by atoms with van der Waals surface area (Å²) in [6.45, 7) is 2.23. The molecule has 1 aliphatic rings. The van der Waals surface area contributed by atoms with Crippen LogP contribution in [-0.4, -0.2) is 38.2 Å². The van der Waals surface area contributed by atoms with Gasteiger partial charge < -0.3 is 0 Å². The van der Waals surface area contributed by atoms with Crippen LogP contribution < -0.4 is 0 Å². The summed E-state index contributed by atoms with van der Waals surface area (Å²) < 4.78 is 1.46. The van der Waals surface area contributed by atoms with E-state index in [0.29, 0.717) is 19.2 Å². The van der Waals surface area contributed by atoms with E-state index in [1.165, 1.54) is 10.0 Å². The summed E-state index contributed by atoms with van der Waals surface area (Å²) in [4.78, 5) is 2.23. The molecule has 0 fully saturated rings. The molecule has 1 aromatic carbocycles. The number of nitrogens with zero attached hydrogens (tertiary/aromatic N) is 1. The minimum absolute atomic E-state index is 0. The Morgan fingerprint density at radius 3 is 2.28 bits per heavy atom. The van der Waals surface area contributed by atoms with Gasteiger partial charge in [0.25, 0.3) is 0 Å². The van der Waals surface area contributed by atoms with Gasteiger partial charge in [-0.2, -0.15) is 18.2 Å². The summed E-state index contributed by atoms with van der Waals surface area (Å²) in [5.41, 5.74) is 1.46. The van der Waals surface area contributed by atoms with Gasteiger partial charge in [0, 0.05) is 0 Å². The molecule has 1 aromatic rings. The van der Waals surface area contributed by atoms with Gasteiger partial charge >= 0.3 is 106 Å². The minimum atomic E-state index is 0. The second-order valence-corrected chi connectivity index (χ2v) is 6.95. The number of rotatable bonds is 3. The Kier molecular flexibility index (Phi) is 10.5. The molecule has 0 N–H and O–H groups in total. The molecule has 1 nitrogen and oxygen atoms in total. The van der Waals surface area contributed by atoms with E-state index in [4.69, 9.17) is 0 Å². The molecule has 1 aliphatic carbocycles. The van der Waals surface area contributed by atoms with Crippen molar-refractivity contribution in [3.05, 3.63) is 59.6 Å². The van der Waals surface area contributed by atoms with E-state index in [9.17, 15) is 0 Å². The summed E-state index contributed by atoms with van der Waals surface area (Å²) in [5.74, 6) is 0. The third kappa shape index (κ3) is 6.05. The molecule has 0 saturated carbocycles. The zero-order valence-electron chi connectivity index (χ0n) is 10.8. The van der Waals surface area contributed by atoms with Gasteiger partial charge in [-0.25, -0.2) is 12.1 Å². The monoisotopic (exact) mass is 415 g/mol. The Morgan fingerprint density at radius 2 is 1.89 bits per heavy atom. The summed E-state index contributed by atoms with van der Waals surface area (Å²) in [6, 6.07) is 10.5. The summed E-state index contributed by atoms with van der Waals surface area (Å²) in [5, 5.41) is 0. The fourth-order valence-corrected chi connectivity index (χ4v) is 3.92. The second kappa shape index (κ2) is 10.3. The molecule has 0 aromatic heterocycles. The van der Waals surface area contributed by atoms with Gasteiger partial charge in [-0.1, -0.05) is 0 Å². The smallest absolute Gasteiger partial charge is 0.214 e. The predicted octanol–water partition coefficient (Wildman–Crippen LogP) is 3.23. The first-order valence-electron chi connectivity index (χ1n) is 5.54. The average Bonchev–Trinajstić information content (AvgIpc) is 3.01. The van der Waals surface area contributed by atoms with Crippen LogP contribution in [0.2, 0.25) is 0 Å². The van der Waals surface area contributed by atoms with Crippen LogP contribution in [0.1, 0.15) is 6.92 Å². The van der Waals surface area contributed by atoms with Crippen molar-refractivity contribution in [3.63, 3.8) is 0 Å². The molecule has 2 rings (SSSR count). The Bertz CT molecular complexity index is 318. The Hall–Kier alpha value is 0.439. The fraction of sp³-hybridized carbons (Fsp3) is 0.286. The maximum absolute atomic E-state index is 3.55. The molecular formula is C14H18BrFeNSe. The molecule has 4 heteroatoms. The van der Waals surface area contributed by atoms with Crippen LogP contribution in [0, 0.1) is 19.3 Å². The molecular weight excluding hydrogens is 397 g/mol. The second-order valence-electron chi connectivity index (χ2n) is 4.02. The van der Waals surface area contributed by atoms with Crippen molar-refractivity contribution in [2.45, 2.75) is 13.0 Å². The minimum Gasteiger partial charge on any atom is -0.214 e. The fourth-order valence-electron chi connectivity index (χ4n) is 1.43. The van der Waals surface area contributed by atoms with Crippen molar-refractivity contribution in [1.82, 2.24) is 4.90 Å². The maximum Gasteiger partial charge on any atom is 2.00 e. The van der Waals surface area contributed by atoms with Crippen LogP contribution in [0.5, 0.6) is 0 Å². The van der Waals surface area contributed by atoms with Crippen molar-refractivity contribution in [2.24, 2.45) is 0 Å². The molecule has 0 unspecified atom stereocenters. The van der Waals surface area contributed by atoms with E-state index < -0.39 is 0 Å². The molecule has 0 heterocycles. The normalized spacial score (nSPS) is 15.6. The molecule has 0 bridgehead atoms. The number of likely N-dealkylation sites (N-methyl/N-ethyl adjacent to an activating group) is 1. The van der Waals surface area contributed by atoms with Gasteiger partial charge in [-0.05, 0) is 0 Å². The molecule has 0 aliphatic heterocycles. The Labute approximate surface area is 135 Å². The van der Waals surface area contributed by atoms with Gasteiger partial charge in [0.15, 0.2) is 0 Å².